The van der Waals surface area contributed by atoms with E-state index in [1.165, 1.54) is 12.1 Å². The Hall–Kier alpha value is -1.85. The summed E-state index contributed by atoms with van der Waals surface area (Å²) in [5, 5.41) is 3.40. The first-order chi connectivity index (χ1) is 11.5. The third-order valence-corrected chi connectivity index (χ3v) is 5.42. The van der Waals surface area contributed by atoms with Crippen LogP contribution >= 0.6 is 12.4 Å². The number of amides is 1. The van der Waals surface area contributed by atoms with Crippen molar-refractivity contribution in [3.8, 4) is 5.69 Å². The summed E-state index contributed by atoms with van der Waals surface area (Å²) in [6.45, 7) is 7.66. The first kappa shape index (κ1) is 18.0. The molecule has 3 heterocycles. The van der Waals surface area contributed by atoms with Gasteiger partial charge in [-0.15, -0.1) is 12.4 Å². The molecule has 2 aliphatic rings. The van der Waals surface area contributed by atoms with E-state index < -0.39 is 0 Å². The van der Waals surface area contributed by atoms with E-state index in [-0.39, 0.29) is 24.1 Å². The molecular weight excluding hydrogens is 341 g/mol. The molecule has 1 aromatic carbocycles. The van der Waals surface area contributed by atoms with Gasteiger partial charge in [-0.3, -0.25) is 4.79 Å². The van der Waals surface area contributed by atoms with E-state index in [1.807, 2.05) is 29.4 Å². The summed E-state index contributed by atoms with van der Waals surface area (Å²) < 4.78 is 15.2. The van der Waals surface area contributed by atoms with E-state index in [2.05, 4.69) is 5.32 Å². The maximum Gasteiger partial charge on any atom is 0.255 e. The molecule has 1 N–H and O–H groups in total. The highest BCUT2D eigenvalue weighted by Gasteiger charge is 2.38. The summed E-state index contributed by atoms with van der Waals surface area (Å²) in [7, 11) is 0. The van der Waals surface area contributed by atoms with Crippen LogP contribution in [-0.2, 0) is 0 Å². The zero-order chi connectivity index (χ0) is 16.8. The standard InChI is InChI=1S/C19H22FN3O.ClH/c1-12-7-18(13(2)23(12)17-5-3-16(20)4-6-17)19(24)22-10-14-8-21-9-15(14)11-22;/h3-7,14-15,21H,8-11H2,1-2H3;1H/t14-,15+;. The van der Waals surface area contributed by atoms with Crippen LogP contribution in [0.15, 0.2) is 30.3 Å². The molecule has 6 heteroatoms. The van der Waals surface area contributed by atoms with Gasteiger partial charge in [-0.1, -0.05) is 0 Å². The SMILES string of the molecule is Cc1cc(C(=O)N2C[C@H]3CNC[C@H]3C2)c(C)n1-c1ccc(F)cc1.Cl. The van der Waals surface area contributed by atoms with Crippen LogP contribution in [0.3, 0.4) is 0 Å². The van der Waals surface area contributed by atoms with E-state index in [9.17, 15) is 9.18 Å². The molecule has 2 fully saturated rings. The third kappa shape index (κ3) is 3.07. The molecule has 0 bridgehead atoms. The number of carbonyl (C=O) groups excluding carboxylic acids is 1. The van der Waals surface area contributed by atoms with Crippen LogP contribution in [0.4, 0.5) is 4.39 Å². The van der Waals surface area contributed by atoms with Crippen molar-refractivity contribution in [2.24, 2.45) is 11.8 Å². The molecule has 0 spiro atoms. The number of halogens is 2. The van der Waals surface area contributed by atoms with Gasteiger partial charge in [-0.05, 0) is 56.0 Å². The van der Waals surface area contributed by atoms with Crippen LogP contribution in [0.2, 0.25) is 0 Å². The zero-order valence-corrected chi connectivity index (χ0v) is 15.3. The van der Waals surface area contributed by atoms with Crippen molar-refractivity contribution in [2.45, 2.75) is 13.8 Å². The van der Waals surface area contributed by atoms with Gasteiger partial charge in [0.15, 0.2) is 0 Å². The second-order valence-electron chi connectivity index (χ2n) is 6.99. The van der Waals surface area contributed by atoms with E-state index in [4.69, 9.17) is 0 Å². The normalized spacial score (nSPS) is 22.0. The number of nitrogens with one attached hydrogen (secondary N) is 1. The fraction of sp³-hybridized carbons (Fsp3) is 0.421. The van der Waals surface area contributed by atoms with Gasteiger partial charge in [0.25, 0.3) is 5.91 Å². The number of nitrogens with zero attached hydrogens (tertiary/aromatic N) is 2. The molecule has 134 valence electrons. The number of fused-ring (bicyclic) bond motifs is 1. The Labute approximate surface area is 153 Å². The molecule has 2 aliphatic heterocycles. The topological polar surface area (TPSA) is 37.3 Å². The first-order valence-corrected chi connectivity index (χ1v) is 8.49. The van der Waals surface area contributed by atoms with Crippen LogP contribution in [-0.4, -0.2) is 41.6 Å². The summed E-state index contributed by atoms with van der Waals surface area (Å²) in [5.74, 6) is 1.05. The Kier molecular flexibility index (Phi) is 4.89. The van der Waals surface area contributed by atoms with Gasteiger partial charge in [0, 0.05) is 43.3 Å². The Bertz CT molecular complexity index is 775. The average Bonchev–Trinajstić information content (AvgIpc) is 3.22. The molecule has 2 aromatic rings. The molecule has 4 rings (SSSR count). The Morgan fingerprint density at radius 2 is 1.72 bits per heavy atom. The largest absolute Gasteiger partial charge is 0.338 e. The Morgan fingerprint density at radius 1 is 1.12 bits per heavy atom. The van der Waals surface area contributed by atoms with Crippen LogP contribution in [0.5, 0.6) is 0 Å². The van der Waals surface area contributed by atoms with E-state index >= 15 is 0 Å². The lowest BCUT2D eigenvalue weighted by Gasteiger charge is -2.18. The second-order valence-corrected chi connectivity index (χ2v) is 6.99. The number of aryl methyl sites for hydroxylation is 1. The molecular formula is C19H23ClFN3O. The molecule has 0 aliphatic carbocycles. The zero-order valence-electron chi connectivity index (χ0n) is 14.5. The number of carbonyl (C=O) groups is 1. The Morgan fingerprint density at radius 3 is 2.32 bits per heavy atom. The van der Waals surface area contributed by atoms with Crippen molar-refractivity contribution in [3.63, 3.8) is 0 Å². The van der Waals surface area contributed by atoms with Gasteiger partial charge in [-0.2, -0.15) is 0 Å². The van der Waals surface area contributed by atoms with Gasteiger partial charge in [0.05, 0.1) is 5.56 Å². The molecule has 25 heavy (non-hydrogen) atoms. The van der Waals surface area contributed by atoms with Crippen LogP contribution < -0.4 is 5.32 Å². The van der Waals surface area contributed by atoms with E-state index in [1.54, 1.807) is 12.1 Å². The van der Waals surface area contributed by atoms with Gasteiger partial charge in [-0.25, -0.2) is 4.39 Å². The lowest BCUT2D eigenvalue weighted by Crippen LogP contribution is -2.32. The number of hydrogen-bond donors (Lipinski definition) is 1. The summed E-state index contributed by atoms with van der Waals surface area (Å²) in [4.78, 5) is 15.0. The quantitative estimate of drug-likeness (QED) is 0.890. The molecule has 0 saturated carbocycles. The highest BCUT2D eigenvalue weighted by Crippen LogP contribution is 2.29. The summed E-state index contributed by atoms with van der Waals surface area (Å²) >= 11 is 0. The second kappa shape index (κ2) is 6.81. The number of benzene rings is 1. The fourth-order valence-electron chi connectivity index (χ4n) is 4.16. The minimum absolute atomic E-state index is 0. The smallest absolute Gasteiger partial charge is 0.255 e. The Balaban J connectivity index is 0.00000182. The van der Waals surface area contributed by atoms with Crippen molar-refractivity contribution in [1.29, 1.82) is 0 Å². The van der Waals surface area contributed by atoms with E-state index in [0.29, 0.717) is 11.8 Å². The fourth-order valence-corrected chi connectivity index (χ4v) is 4.16. The van der Waals surface area contributed by atoms with Crippen molar-refractivity contribution >= 4 is 18.3 Å². The minimum Gasteiger partial charge on any atom is -0.338 e. The molecule has 0 radical (unpaired) electrons. The van der Waals surface area contributed by atoms with Crippen LogP contribution in [0.1, 0.15) is 21.7 Å². The number of rotatable bonds is 2. The summed E-state index contributed by atoms with van der Waals surface area (Å²) in [6.07, 6.45) is 0. The lowest BCUT2D eigenvalue weighted by molar-refractivity contribution is 0.0781. The molecule has 4 nitrogen and oxygen atoms in total. The molecule has 0 unspecified atom stereocenters. The minimum atomic E-state index is -0.255. The van der Waals surface area contributed by atoms with Gasteiger partial charge < -0.3 is 14.8 Å². The lowest BCUT2D eigenvalue weighted by atomic mass is 10.0. The van der Waals surface area contributed by atoms with Crippen LogP contribution in [0.25, 0.3) is 5.69 Å². The molecule has 2 saturated heterocycles. The number of likely N-dealkylation sites (tertiary alicyclic amines) is 1. The highest BCUT2D eigenvalue weighted by molar-refractivity contribution is 5.96. The predicted molar refractivity (Wildman–Crippen MR) is 98.2 cm³/mol. The van der Waals surface area contributed by atoms with Crippen molar-refractivity contribution in [3.05, 3.63) is 53.1 Å². The molecule has 2 atom stereocenters. The first-order valence-electron chi connectivity index (χ1n) is 8.49. The number of hydrogen-bond acceptors (Lipinski definition) is 2. The van der Waals surface area contributed by atoms with Crippen molar-refractivity contribution in [1.82, 2.24) is 14.8 Å². The van der Waals surface area contributed by atoms with Gasteiger partial charge >= 0.3 is 0 Å². The van der Waals surface area contributed by atoms with E-state index in [0.717, 1.165) is 48.8 Å². The van der Waals surface area contributed by atoms with Crippen molar-refractivity contribution < 1.29 is 9.18 Å². The number of aromatic nitrogens is 1. The predicted octanol–water partition coefficient (Wildman–Crippen LogP) is 2.95. The van der Waals surface area contributed by atoms with Crippen LogP contribution in [0, 0.1) is 31.5 Å². The molecule has 1 aromatic heterocycles. The van der Waals surface area contributed by atoms with Gasteiger partial charge in [0.1, 0.15) is 5.82 Å². The maximum atomic E-state index is 13.2. The van der Waals surface area contributed by atoms with Crippen molar-refractivity contribution in [2.75, 3.05) is 26.2 Å². The highest BCUT2D eigenvalue weighted by atomic mass is 35.5. The van der Waals surface area contributed by atoms with Gasteiger partial charge in [0.2, 0.25) is 0 Å². The summed E-state index contributed by atoms with van der Waals surface area (Å²) in [5.41, 5.74) is 3.54. The summed E-state index contributed by atoms with van der Waals surface area (Å²) in [6, 6.07) is 8.34. The molecule has 1 amide bonds. The average molecular weight is 364 g/mol. The third-order valence-electron chi connectivity index (χ3n) is 5.42. The maximum absolute atomic E-state index is 13.2. The monoisotopic (exact) mass is 363 g/mol.